The van der Waals surface area contributed by atoms with Gasteiger partial charge in [0, 0.05) is 13.1 Å². The number of hydrogen-bond donors (Lipinski definition) is 2. The Bertz CT molecular complexity index is 409. The van der Waals surface area contributed by atoms with Gasteiger partial charge in [-0.05, 0) is 32.1 Å². The van der Waals surface area contributed by atoms with E-state index < -0.39 is 0 Å². The van der Waals surface area contributed by atoms with Crippen molar-refractivity contribution in [2.75, 3.05) is 30.3 Å². The van der Waals surface area contributed by atoms with E-state index >= 15 is 0 Å². The zero-order chi connectivity index (χ0) is 14.2. The van der Waals surface area contributed by atoms with E-state index in [0.717, 1.165) is 31.8 Å². The van der Waals surface area contributed by atoms with Crippen molar-refractivity contribution >= 4 is 11.9 Å². The molecule has 6 heteroatoms. The molecule has 1 aliphatic rings. The summed E-state index contributed by atoms with van der Waals surface area (Å²) in [6.45, 7) is 6.37. The number of nitrogens with zero attached hydrogens (tertiary/aromatic N) is 3. The van der Waals surface area contributed by atoms with E-state index in [-0.39, 0.29) is 0 Å². The Balaban J connectivity index is 1.87. The van der Waals surface area contributed by atoms with Crippen molar-refractivity contribution in [2.45, 2.75) is 46.0 Å². The lowest BCUT2D eigenvalue weighted by atomic mass is 10.2. The second kappa shape index (κ2) is 7.87. The van der Waals surface area contributed by atoms with Gasteiger partial charge in [0.25, 0.3) is 0 Å². The molecule has 1 fully saturated rings. The van der Waals surface area contributed by atoms with Gasteiger partial charge < -0.3 is 15.4 Å². The third kappa shape index (κ3) is 5.19. The molecule has 0 aliphatic heterocycles. The molecule has 1 saturated carbocycles. The predicted molar refractivity (Wildman–Crippen MR) is 80.2 cm³/mol. The fourth-order valence-corrected chi connectivity index (χ4v) is 1.93. The Labute approximate surface area is 120 Å². The van der Waals surface area contributed by atoms with E-state index in [1.807, 2.05) is 6.92 Å². The molecule has 1 aromatic rings. The van der Waals surface area contributed by atoms with Crippen molar-refractivity contribution in [2.24, 2.45) is 5.92 Å². The van der Waals surface area contributed by atoms with E-state index in [9.17, 15) is 0 Å². The normalized spacial score (nSPS) is 14.1. The van der Waals surface area contributed by atoms with E-state index in [1.54, 1.807) is 0 Å². The minimum Gasteiger partial charge on any atom is -0.463 e. The van der Waals surface area contributed by atoms with E-state index in [1.165, 1.54) is 19.3 Å². The number of rotatable bonds is 10. The highest BCUT2D eigenvalue weighted by Crippen LogP contribution is 2.33. The minimum atomic E-state index is 0.391. The van der Waals surface area contributed by atoms with Crippen LogP contribution in [0.25, 0.3) is 0 Å². The second-order valence-corrected chi connectivity index (χ2v) is 5.16. The van der Waals surface area contributed by atoms with Crippen molar-refractivity contribution in [3.63, 3.8) is 0 Å². The molecule has 1 aromatic heterocycles. The topological polar surface area (TPSA) is 72.0 Å². The molecular formula is C14H25N5O. The molecule has 1 aliphatic carbocycles. The minimum absolute atomic E-state index is 0.391. The van der Waals surface area contributed by atoms with Gasteiger partial charge in [-0.2, -0.15) is 15.0 Å². The fourth-order valence-electron chi connectivity index (χ4n) is 1.93. The van der Waals surface area contributed by atoms with Crippen molar-refractivity contribution in [1.29, 1.82) is 0 Å². The monoisotopic (exact) mass is 279 g/mol. The van der Waals surface area contributed by atoms with Crippen LogP contribution in [-0.2, 0) is 0 Å². The summed E-state index contributed by atoms with van der Waals surface area (Å²) in [4.78, 5) is 12.9. The molecule has 2 N–H and O–H groups in total. The Hall–Kier alpha value is -1.59. The zero-order valence-electron chi connectivity index (χ0n) is 12.5. The Kier molecular flexibility index (Phi) is 5.83. The maximum atomic E-state index is 5.50. The molecule has 0 bridgehead atoms. The molecule has 0 atom stereocenters. The van der Waals surface area contributed by atoms with Crippen molar-refractivity contribution < 1.29 is 4.74 Å². The van der Waals surface area contributed by atoms with Crippen LogP contribution < -0.4 is 15.4 Å². The summed E-state index contributed by atoms with van der Waals surface area (Å²) in [5.41, 5.74) is 0. The van der Waals surface area contributed by atoms with Gasteiger partial charge >= 0.3 is 6.01 Å². The quantitative estimate of drug-likeness (QED) is 0.642. The number of hydrogen-bond acceptors (Lipinski definition) is 6. The van der Waals surface area contributed by atoms with Gasteiger partial charge in [0.1, 0.15) is 0 Å². The number of anilines is 2. The van der Waals surface area contributed by atoms with Crippen LogP contribution in [0.4, 0.5) is 11.9 Å². The summed E-state index contributed by atoms with van der Waals surface area (Å²) in [6, 6.07) is 0.391. The summed E-state index contributed by atoms with van der Waals surface area (Å²) in [5, 5.41) is 6.36. The summed E-state index contributed by atoms with van der Waals surface area (Å²) < 4.78 is 5.50. The molecule has 112 valence electrons. The average molecular weight is 279 g/mol. The lowest BCUT2D eigenvalue weighted by Gasteiger charge is -2.09. The zero-order valence-corrected chi connectivity index (χ0v) is 12.5. The second-order valence-electron chi connectivity index (χ2n) is 5.16. The molecule has 6 nitrogen and oxygen atoms in total. The highest BCUT2D eigenvalue weighted by molar-refractivity contribution is 5.35. The van der Waals surface area contributed by atoms with Gasteiger partial charge in [-0.15, -0.1) is 0 Å². The maximum Gasteiger partial charge on any atom is 0.323 e. The lowest BCUT2D eigenvalue weighted by molar-refractivity contribution is 0.292. The van der Waals surface area contributed by atoms with E-state index in [2.05, 4.69) is 32.5 Å². The first kappa shape index (κ1) is 14.8. The third-order valence-electron chi connectivity index (χ3n) is 3.15. The Morgan fingerprint density at radius 1 is 1.10 bits per heavy atom. The van der Waals surface area contributed by atoms with Gasteiger partial charge in [-0.3, -0.25) is 0 Å². The summed E-state index contributed by atoms with van der Waals surface area (Å²) in [5.74, 6) is 2.13. The summed E-state index contributed by atoms with van der Waals surface area (Å²) in [7, 11) is 0. The maximum absolute atomic E-state index is 5.50. The number of aromatic nitrogens is 3. The van der Waals surface area contributed by atoms with Crippen LogP contribution in [0.5, 0.6) is 6.01 Å². The summed E-state index contributed by atoms with van der Waals surface area (Å²) in [6.07, 6.45) is 6.22. The van der Waals surface area contributed by atoms with Crippen LogP contribution in [-0.4, -0.2) is 34.6 Å². The fraction of sp³-hybridized carbons (Fsp3) is 0.786. The first-order chi connectivity index (χ1) is 9.81. The molecule has 0 spiro atoms. The standard InChI is InChI=1S/C14H25N5O/c1-3-10-20-14-18-12(15-4-2)17-13(19-14)16-9-5-6-11-7-8-11/h11H,3-10H2,1-2H3,(H2,15,16,17,18,19). The first-order valence-electron chi connectivity index (χ1n) is 7.68. The number of ether oxygens (including phenoxy) is 1. The highest BCUT2D eigenvalue weighted by atomic mass is 16.5. The molecule has 0 saturated heterocycles. The molecule has 0 amide bonds. The molecule has 1 heterocycles. The van der Waals surface area contributed by atoms with Crippen LogP contribution >= 0.6 is 0 Å². The molecule has 0 unspecified atom stereocenters. The van der Waals surface area contributed by atoms with Crippen molar-refractivity contribution in [3.05, 3.63) is 0 Å². The molecule has 20 heavy (non-hydrogen) atoms. The lowest BCUT2D eigenvalue weighted by Crippen LogP contribution is -2.12. The van der Waals surface area contributed by atoms with Crippen molar-refractivity contribution in [3.8, 4) is 6.01 Å². The van der Waals surface area contributed by atoms with Gasteiger partial charge in [-0.1, -0.05) is 19.8 Å². The molecule has 0 radical (unpaired) electrons. The SMILES string of the molecule is CCCOc1nc(NCC)nc(NCCCC2CC2)n1. The van der Waals surface area contributed by atoms with Gasteiger partial charge in [0.2, 0.25) is 11.9 Å². The van der Waals surface area contributed by atoms with Crippen LogP contribution in [0.3, 0.4) is 0 Å². The number of nitrogens with one attached hydrogen (secondary N) is 2. The largest absolute Gasteiger partial charge is 0.463 e. The van der Waals surface area contributed by atoms with Crippen LogP contribution in [0.1, 0.15) is 46.0 Å². The third-order valence-corrected chi connectivity index (χ3v) is 3.15. The van der Waals surface area contributed by atoms with E-state index in [4.69, 9.17) is 4.74 Å². The Morgan fingerprint density at radius 3 is 2.50 bits per heavy atom. The summed E-state index contributed by atoms with van der Waals surface area (Å²) >= 11 is 0. The molecule has 0 aromatic carbocycles. The smallest absolute Gasteiger partial charge is 0.323 e. The van der Waals surface area contributed by atoms with E-state index in [0.29, 0.717) is 24.5 Å². The highest BCUT2D eigenvalue weighted by Gasteiger charge is 2.20. The average Bonchev–Trinajstić information content (AvgIpc) is 3.26. The van der Waals surface area contributed by atoms with Crippen LogP contribution in [0.15, 0.2) is 0 Å². The first-order valence-corrected chi connectivity index (χ1v) is 7.68. The van der Waals surface area contributed by atoms with Crippen molar-refractivity contribution in [1.82, 2.24) is 15.0 Å². The van der Waals surface area contributed by atoms with Gasteiger partial charge in [0.15, 0.2) is 0 Å². The van der Waals surface area contributed by atoms with Gasteiger partial charge in [-0.25, -0.2) is 0 Å². The van der Waals surface area contributed by atoms with Crippen LogP contribution in [0, 0.1) is 5.92 Å². The predicted octanol–water partition coefficient (Wildman–Crippen LogP) is 2.69. The Morgan fingerprint density at radius 2 is 1.85 bits per heavy atom. The van der Waals surface area contributed by atoms with Gasteiger partial charge in [0.05, 0.1) is 6.61 Å². The molecule has 2 rings (SSSR count). The van der Waals surface area contributed by atoms with Crippen LogP contribution in [0.2, 0.25) is 0 Å². The molecular weight excluding hydrogens is 254 g/mol.